The predicted octanol–water partition coefficient (Wildman–Crippen LogP) is 3.98. The fraction of sp³-hybridized carbons (Fsp3) is 0. The molecular weight excluding hydrogens is 304 g/mol. The lowest BCUT2D eigenvalue weighted by atomic mass is 10.2. The SMILES string of the molecule is O=C(Nc1cc(F)ccc1Br)c1cccc(F)c1. The van der Waals surface area contributed by atoms with E-state index in [1.165, 1.54) is 36.4 Å². The molecule has 1 amide bonds. The minimum atomic E-state index is -0.499. The molecule has 0 saturated carbocycles. The van der Waals surface area contributed by atoms with Crippen LogP contribution >= 0.6 is 15.9 Å². The van der Waals surface area contributed by atoms with Crippen LogP contribution < -0.4 is 5.32 Å². The van der Waals surface area contributed by atoms with Gasteiger partial charge in [-0.3, -0.25) is 4.79 Å². The van der Waals surface area contributed by atoms with Crippen LogP contribution in [-0.2, 0) is 0 Å². The Morgan fingerprint density at radius 1 is 1.06 bits per heavy atom. The third-order valence-corrected chi connectivity index (χ3v) is 2.95. The Balaban J connectivity index is 2.24. The molecule has 0 bridgehead atoms. The van der Waals surface area contributed by atoms with Gasteiger partial charge in [-0.2, -0.15) is 0 Å². The van der Waals surface area contributed by atoms with E-state index in [9.17, 15) is 13.6 Å². The van der Waals surface area contributed by atoms with E-state index in [2.05, 4.69) is 21.2 Å². The van der Waals surface area contributed by atoms with E-state index >= 15 is 0 Å². The lowest BCUT2D eigenvalue weighted by molar-refractivity contribution is 0.102. The van der Waals surface area contributed by atoms with Gasteiger partial charge >= 0.3 is 0 Å². The Hall–Kier alpha value is -1.75. The van der Waals surface area contributed by atoms with Crippen LogP contribution in [0.25, 0.3) is 0 Å². The molecule has 5 heteroatoms. The average molecular weight is 312 g/mol. The first-order chi connectivity index (χ1) is 8.56. The molecule has 0 aliphatic carbocycles. The van der Waals surface area contributed by atoms with E-state index in [1.54, 1.807) is 0 Å². The summed E-state index contributed by atoms with van der Waals surface area (Å²) in [4.78, 5) is 11.8. The minimum Gasteiger partial charge on any atom is -0.321 e. The van der Waals surface area contributed by atoms with E-state index in [0.29, 0.717) is 10.2 Å². The van der Waals surface area contributed by atoms with E-state index in [0.717, 1.165) is 6.07 Å². The summed E-state index contributed by atoms with van der Waals surface area (Å²) < 4.78 is 26.5. The highest BCUT2D eigenvalue weighted by molar-refractivity contribution is 9.10. The highest BCUT2D eigenvalue weighted by Crippen LogP contribution is 2.23. The molecule has 2 aromatic rings. The van der Waals surface area contributed by atoms with Crippen molar-refractivity contribution in [3.05, 3.63) is 64.1 Å². The zero-order chi connectivity index (χ0) is 13.1. The van der Waals surface area contributed by atoms with Gasteiger partial charge in [0.05, 0.1) is 5.69 Å². The molecule has 18 heavy (non-hydrogen) atoms. The van der Waals surface area contributed by atoms with Gasteiger partial charge in [0.25, 0.3) is 5.91 Å². The topological polar surface area (TPSA) is 29.1 Å². The van der Waals surface area contributed by atoms with Crippen LogP contribution in [0.15, 0.2) is 46.9 Å². The summed E-state index contributed by atoms with van der Waals surface area (Å²) in [6.45, 7) is 0. The third-order valence-electron chi connectivity index (χ3n) is 2.26. The molecule has 0 aromatic heterocycles. The molecule has 0 radical (unpaired) electrons. The molecule has 0 fully saturated rings. The number of anilines is 1. The van der Waals surface area contributed by atoms with Gasteiger partial charge in [0.2, 0.25) is 0 Å². The molecule has 2 aromatic carbocycles. The second-order valence-electron chi connectivity index (χ2n) is 3.59. The second-order valence-corrected chi connectivity index (χ2v) is 4.44. The van der Waals surface area contributed by atoms with E-state index in [1.807, 2.05) is 0 Å². The summed E-state index contributed by atoms with van der Waals surface area (Å²) in [5, 5.41) is 2.50. The van der Waals surface area contributed by atoms with Crippen molar-refractivity contribution in [2.24, 2.45) is 0 Å². The first-order valence-electron chi connectivity index (χ1n) is 5.08. The first kappa shape index (κ1) is 12.7. The second kappa shape index (κ2) is 5.27. The number of amides is 1. The quantitative estimate of drug-likeness (QED) is 0.893. The Kier molecular flexibility index (Phi) is 3.72. The van der Waals surface area contributed by atoms with Crippen LogP contribution in [0.1, 0.15) is 10.4 Å². The number of hydrogen-bond donors (Lipinski definition) is 1. The number of carbonyl (C=O) groups is 1. The van der Waals surface area contributed by atoms with Crippen LogP contribution in [0.2, 0.25) is 0 Å². The largest absolute Gasteiger partial charge is 0.321 e. The van der Waals surface area contributed by atoms with Gasteiger partial charge in [0, 0.05) is 10.0 Å². The van der Waals surface area contributed by atoms with Gasteiger partial charge in [-0.15, -0.1) is 0 Å². The normalized spacial score (nSPS) is 10.2. The number of rotatable bonds is 2. The van der Waals surface area contributed by atoms with Gasteiger partial charge in [-0.05, 0) is 52.3 Å². The van der Waals surface area contributed by atoms with E-state index < -0.39 is 17.5 Å². The fourth-order valence-electron chi connectivity index (χ4n) is 1.42. The molecule has 92 valence electrons. The lowest BCUT2D eigenvalue weighted by Crippen LogP contribution is -2.12. The van der Waals surface area contributed by atoms with Crippen molar-refractivity contribution in [1.82, 2.24) is 0 Å². The van der Waals surface area contributed by atoms with Crippen molar-refractivity contribution in [3.63, 3.8) is 0 Å². The zero-order valence-corrected chi connectivity index (χ0v) is 10.7. The molecule has 2 nitrogen and oxygen atoms in total. The molecule has 0 unspecified atom stereocenters. The summed E-state index contributed by atoms with van der Waals surface area (Å²) in [5.74, 6) is -1.46. The van der Waals surface area contributed by atoms with Crippen molar-refractivity contribution < 1.29 is 13.6 Å². The molecule has 1 N–H and O–H groups in total. The van der Waals surface area contributed by atoms with Crippen LogP contribution in [0, 0.1) is 11.6 Å². The number of halogens is 3. The Labute approximate surface area is 111 Å². The molecule has 0 heterocycles. The van der Waals surface area contributed by atoms with Crippen LogP contribution in [0.4, 0.5) is 14.5 Å². The number of hydrogen-bond acceptors (Lipinski definition) is 1. The lowest BCUT2D eigenvalue weighted by Gasteiger charge is -2.07. The molecule has 0 saturated heterocycles. The minimum absolute atomic E-state index is 0.172. The van der Waals surface area contributed by atoms with Gasteiger partial charge < -0.3 is 5.32 Å². The summed E-state index contributed by atoms with van der Waals surface area (Å²) in [6, 6.07) is 9.20. The number of benzene rings is 2. The highest BCUT2D eigenvalue weighted by atomic mass is 79.9. The zero-order valence-electron chi connectivity index (χ0n) is 9.08. The predicted molar refractivity (Wildman–Crippen MR) is 68.5 cm³/mol. The number of nitrogens with one attached hydrogen (secondary N) is 1. The van der Waals surface area contributed by atoms with Crippen molar-refractivity contribution >= 4 is 27.5 Å². The molecule has 0 spiro atoms. The summed E-state index contributed by atoms with van der Waals surface area (Å²) in [5.41, 5.74) is 0.468. The summed E-state index contributed by atoms with van der Waals surface area (Å²) in [6.07, 6.45) is 0. The van der Waals surface area contributed by atoms with Crippen molar-refractivity contribution in [3.8, 4) is 0 Å². The molecule has 0 aliphatic rings. The van der Waals surface area contributed by atoms with Crippen LogP contribution in [0.5, 0.6) is 0 Å². The summed E-state index contributed by atoms with van der Waals surface area (Å²) >= 11 is 3.19. The molecule has 0 atom stereocenters. The van der Waals surface area contributed by atoms with Gasteiger partial charge in [-0.1, -0.05) is 6.07 Å². The van der Waals surface area contributed by atoms with Crippen molar-refractivity contribution in [2.45, 2.75) is 0 Å². The Morgan fingerprint density at radius 2 is 1.78 bits per heavy atom. The Bertz CT molecular complexity index is 601. The maximum atomic E-state index is 13.0. The van der Waals surface area contributed by atoms with Gasteiger partial charge in [0.1, 0.15) is 11.6 Å². The summed E-state index contributed by atoms with van der Waals surface area (Å²) in [7, 11) is 0. The van der Waals surface area contributed by atoms with Crippen LogP contribution in [-0.4, -0.2) is 5.91 Å². The smallest absolute Gasteiger partial charge is 0.255 e. The Morgan fingerprint density at radius 3 is 2.50 bits per heavy atom. The van der Waals surface area contributed by atoms with Crippen molar-refractivity contribution in [1.29, 1.82) is 0 Å². The molecule has 0 aliphatic heterocycles. The third kappa shape index (κ3) is 2.92. The van der Waals surface area contributed by atoms with Crippen LogP contribution in [0.3, 0.4) is 0 Å². The number of carbonyl (C=O) groups excluding carboxylic acids is 1. The van der Waals surface area contributed by atoms with Crippen molar-refractivity contribution in [2.75, 3.05) is 5.32 Å². The van der Waals surface area contributed by atoms with Gasteiger partial charge in [-0.25, -0.2) is 8.78 Å². The standard InChI is InChI=1S/C13H8BrF2NO/c14-11-5-4-10(16)7-12(11)17-13(18)8-2-1-3-9(15)6-8/h1-7H,(H,17,18). The molecule has 2 rings (SSSR count). The highest BCUT2D eigenvalue weighted by Gasteiger charge is 2.09. The van der Waals surface area contributed by atoms with E-state index in [4.69, 9.17) is 0 Å². The monoisotopic (exact) mass is 311 g/mol. The van der Waals surface area contributed by atoms with Gasteiger partial charge in [0.15, 0.2) is 0 Å². The average Bonchev–Trinajstić information content (AvgIpc) is 2.34. The first-order valence-corrected chi connectivity index (χ1v) is 5.87. The maximum Gasteiger partial charge on any atom is 0.255 e. The van der Waals surface area contributed by atoms with E-state index in [-0.39, 0.29) is 5.56 Å². The fourth-order valence-corrected chi connectivity index (χ4v) is 1.76. The maximum absolute atomic E-state index is 13.0. The molecular formula is C13H8BrF2NO.